The Morgan fingerprint density at radius 3 is 2.42 bits per heavy atom. The van der Waals surface area contributed by atoms with Gasteiger partial charge in [-0.05, 0) is 26.7 Å². The minimum atomic E-state index is 0.457. The summed E-state index contributed by atoms with van der Waals surface area (Å²) in [4.78, 5) is 4.19. The van der Waals surface area contributed by atoms with Gasteiger partial charge < -0.3 is 9.80 Å². The van der Waals surface area contributed by atoms with E-state index >= 15 is 0 Å². The van der Waals surface area contributed by atoms with Crippen molar-refractivity contribution in [2.24, 2.45) is 0 Å². The second-order valence-electron chi connectivity index (χ2n) is 3.74. The van der Waals surface area contributed by atoms with E-state index in [9.17, 15) is 0 Å². The molecule has 3 heteroatoms. The molecule has 12 heavy (non-hydrogen) atoms. The van der Waals surface area contributed by atoms with Gasteiger partial charge in [-0.15, -0.1) is 0 Å². The van der Waals surface area contributed by atoms with E-state index in [1.807, 2.05) is 11.9 Å². The molecule has 0 unspecified atom stereocenters. The number of hydrogen-bond acceptors (Lipinski definition) is 1. The highest BCUT2D eigenvalue weighted by Gasteiger charge is 2.19. The summed E-state index contributed by atoms with van der Waals surface area (Å²) >= 11 is 0. The van der Waals surface area contributed by atoms with Gasteiger partial charge in [0.25, 0.3) is 0 Å². The van der Waals surface area contributed by atoms with Crippen LogP contribution in [0, 0.1) is 5.41 Å². The summed E-state index contributed by atoms with van der Waals surface area (Å²) in [6.45, 7) is 6.37. The zero-order valence-corrected chi connectivity index (χ0v) is 8.30. The lowest BCUT2D eigenvalue weighted by Gasteiger charge is -2.31. The molecule has 1 aliphatic heterocycles. The Morgan fingerprint density at radius 2 is 1.83 bits per heavy atom. The Bertz CT molecular complexity index is 165. The molecule has 1 rings (SSSR count). The van der Waals surface area contributed by atoms with Crippen LogP contribution in [0.4, 0.5) is 0 Å². The first-order valence-electron chi connectivity index (χ1n) is 4.69. The summed E-state index contributed by atoms with van der Waals surface area (Å²) < 4.78 is 0. The fraction of sp³-hybridized carbons (Fsp3) is 0.889. The second-order valence-corrected chi connectivity index (χ2v) is 3.74. The average molecular weight is 169 g/mol. The highest BCUT2D eigenvalue weighted by Crippen LogP contribution is 2.09. The van der Waals surface area contributed by atoms with E-state index < -0.39 is 0 Å². The van der Waals surface area contributed by atoms with Crippen LogP contribution in [0.3, 0.4) is 0 Å². The van der Waals surface area contributed by atoms with Crippen LogP contribution in [0.1, 0.15) is 26.7 Å². The first kappa shape index (κ1) is 9.36. The molecule has 0 aromatic rings. The zero-order valence-electron chi connectivity index (χ0n) is 8.30. The van der Waals surface area contributed by atoms with E-state index in [0.29, 0.717) is 12.0 Å². The quantitative estimate of drug-likeness (QED) is 0.642. The molecule has 0 bridgehead atoms. The Labute approximate surface area is 74.9 Å². The van der Waals surface area contributed by atoms with Gasteiger partial charge in [0.1, 0.15) is 0 Å². The van der Waals surface area contributed by atoms with Crippen LogP contribution >= 0.6 is 0 Å². The van der Waals surface area contributed by atoms with E-state index in [2.05, 4.69) is 18.7 Å². The van der Waals surface area contributed by atoms with Crippen LogP contribution in [-0.2, 0) is 0 Å². The molecule has 1 heterocycles. The summed E-state index contributed by atoms with van der Waals surface area (Å²) in [5.41, 5.74) is 0. The molecule has 0 aromatic carbocycles. The molecular weight excluding hydrogens is 150 g/mol. The second kappa shape index (κ2) is 3.78. The van der Waals surface area contributed by atoms with Crippen molar-refractivity contribution < 1.29 is 0 Å². The van der Waals surface area contributed by atoms with Crippen molar-refractivity contribution in [3.05, 3.63) is 0 Å². The Morgan fingerprint density at radius 1 is 1.25 bits per heavy atom. The normalized spacial score (nSPS) is 20.2. The molecule has 1 aliphatic rings. The third kappa shape index (κ3) is 1.90. The van der Waals surface area contributed by atoms with Gasteiger partial charge in [0.2, 0.25) is 0 Å². The predicted octanol–water partition coefficient (Wildman–Crippen LogP) is 1.36. The van der Waals surface area contributed by atoms with Crippen LogP contribution in [0.25, 0.3) is 0 Å². The van der Waals surface area contributed by atoms with Crippen molar-refractivity contribution in [1.29, 1.82) is 5.41 Å². The maximum absolute atomic E-state index is 7.87. The third-order valence-electron chi connectivity index (χ3n) is 2.40. The van der Waals surface area contributed by atoms with Crippen LogP contribution in [0.5, 0.6) is 0 Å². The van der Waals surface area contributed by atoms with Crippen LogP contribution in [0.15, 0.2) is 0 Å². The number of rotatable bonds is 1. The summed E-state index contributed by atoms with van der Waals surface area (Å²) in [6, 6.07) is 0.457. The molecule has 0 spiro atoms. The Kier molecular flexibility index (Phi) is 2.95. The van der Waals surface area contributed by atoms with Crippen molar-refractivity contribution in [2.45, 2.75) is 32.7 Å². The van der Waals surface area contributed by atoms with E-state index in [0.717, 1.165) is 13.1 Å². The lowest BCUT2D eigenvalue weighted by molar-refractivity contribution is 0.321. The van der Waals surface area contributed by atoms with Crippen molar-refractivity contribution in [2.75, 3.05) is 20.1 Å². The van der Waals surface area contributed by atoms with E-state index in [4.69, 9.17) is 5.41 Å². The number of nitrogens with zero attached hydrogens (tertiary/aromatic N) is 2. The van der Waals surface area contributed by atoms with E-state index in [1.54, 1.807) is 0 Å². The van der Waals surface area contributed by atoms with Gasteiger partial charge in [-0.2, -0.15) is 0 Å². The average Bonchev–Trinajstić information content (AvgIpc) is 2.15. The van der Waals surface area contributed by atoms with Gasteiger partial charge in [-0.3, -0.25) is 5.41 Å². The number of guanidine groups is 1. The molecule has 1 saturated heterocycles. The van der Waals surface area contributed by atoms with Crippen molar-refractivity contribution in [3.63, 3.8) is 0 Å². The molecule has 0 radical (unpaired) electrons. The SMILES string of the molecule is CC(C)N1CCCCN(C)C1=N. The number of hydrogen-bond donors (Lipinski definition) is 1. The largest absolute Gasteiger partial charge is 0.346 e. The molecule has 1 N–H and O–H groups in total. The van der Waals surface area contributed by atoms with Gasteiger partial charge in [-0.25, -0.2) is 0 Å². The fourth-order valence-electron chi connectivity index (χ4n) is 1.56. The maximum Gasteiger partial charge on any atom is 0.193 e. The van der Waals surface area contributed by atoms with Crippen LogP contribution < -0.4 is 0 Å². The molecular formula is C9H19N3. The molecule has 0 aromatic heterocycles. The van der Waals surface area contributed by atoms with Gasteiger partial charge in [0, 0.05) is 26.2 Å². The maximum atomic E-state index is 7.87. The molecule has 0 amide bonds. The van der Waals surface area contributed by atoms with Gasteiger partial charge in [-0.1, -0.05) is 0 Å². The monoisotopic (exact) mass is 169 g/mol. The number of nitrogens with one attached hydrogen (secondary N) is 1. The standard InChI is InChI=1S/C9H19N3/c1-8(2)12-7-5-4-6-11(3)9(12)10/h8,10H,4-7H2,1-3H3. The topological polar surface area (TPSA) is 30.3 Å². The van der Waals surface area contributed by atoms with Crippen LogP contribution in [0.2, 0.25) is 0 Å². The molecule has 70 valence electrons. The Balaban J connectivity index is 2.64. The fourth-order valence-corrected chi connectivity index (χ4v) is 1.56. The minimum Gasteiger partial charge on any atom is -0.346 e. The van der Waals surface area contributed by atoms with Crippen molar-refractivity contribution in [1.82, 2.24) is 9.80 Å². The summed E-state index contributed by atoms with van der Waals surface area (Å²) in [5.74, 6) is 0.683. The zero-order chi connectivity index (χ0) is 9.14. The highest BCUT2D eigenvalue weighted by molar-refractivity contribution is 5.77. The van der Waals surface area contributed by atoms with Gasteiger partial charge >= 0.3 is 0 Å². The van der Waals surface area contributed by atoms with Gasteiger partial charge in [0.15, 0.2) is 5.96 Å². The lowest BCUT2D eigenvalue weighted by Crippen LogP contribution is -2.43. The third-order valence-corrected chi connectivity index (χ3v) is 2.40. The first-order chi connectivity index (χ1) is 5.63. The van der Waals surface area contributed by atoms with Gasteiger partial charge in [0.05, 0.1) is 0 Å². The highest BCUT2D eigenvalue weighted by atomic mass is 15.4. The summed E-state index contributed by atoms with van der Waals surface area (Å²) in [6.07, 6.45) is 2.42. The van der Waals surface area contributed by atoms with E-state index in [1.165, 1.54) is 12.8 Å². The van der Waals surface area contributed by atoms with Crippen molar-refractivity contribution >= 4 is 5.96 Å². The molecule has 0 aliphatic carbocycles. The minimum absolute atomic E-state index is 0.457. The molecule has 3 nitrogen and oxygen atoms in total. The summed E-state index contributed by atoms with van der Waals surface area (Å²) in [7, 11) is 2.00. The smallest absolute Gasteiger partial charge is 0.193 e. The van der Waals surface area contributed by atoms with Crippen LogP contribution in [-0.4, -0.2) is 41.9 Å². The summed E-state index contributed by atoms with van der Waals surface area (Å²) in [5, 5.41) is 7.87. The van der Waals surface area contributed by atoms with E-state index in [-0.39, 0.29) is 0 Å². The lowest BCUT2D eigenvalue weighted by atomic mass is 10.3. The molecule has 1 fully saturated rings. The first-order valence-corrected chi connectivity index (χ1v) is 4.69. The Hall–Kier alpha value is -0.730. The predicted molar refractivity (Wildman–Crippen MR) is 51.4 cm³/mol. The molecule has 0 saturated carbocycles. The van der Waals surface area contributed by atoms with Crippen molar-refractivity contribution in [3.8, 4) is 0 Å². The molecule has 0 atom stereocenters.